The van der Waals surface area contributed by atoms with Gasteiger partial charge in [0.15, 0.2) is 0 Å². The summed E-state index contributed by atoms with van der Waals surface area (Å²) in [5, 5.41) is 9.06. The van der Waals surface area contributed by atoms with Crippen molar-refractivity contribution in [3.63, 3.8) is 0 Å². The number of carbonyl (C=O) groups excluding carboxylic acids is 2. The fraction of sp³-hybridized carbons (Fsp3) is 0.625. The van der Waals surface area contributed by atoms with Gasteiger partial charge in [0.1, 0.15) is 18.6 Å². The van der Waals surface area contributed by atoms with E-state index in [4.69, 9.17) is 9.57 Å². The summed E-state index contributed by atoms with van der Waals surface area (Å²) in [6, 6.07) is 4.17. The van der Waals surface area contributed by atoms with E-state index in [-0.39, 0.29) is 36.5 Å². The molecule has 2 aliphatic rings. The molecule has 2 N–H and O–H groups in total. The zero-order valence-corrected chi connectivity index (χ0v) is 19.8. The lowest BCUT2D eigenvalue weighted by Crippen LogP contribution is -2.41. The van der Waals surface area contributed by atoms with Crippen molar-refractivity contribution in [3.8, 4) is 0 Å². The molecular weight excluding hydrogens is 446 g/mol. The number of carbonyl (C=O) groups is 2. The summed E-state index contributed by atoms with van der Waals surface area (Å²) in [5.41, 5.74) is 1.95. The number of halogens is 2. The summed E-state index contributed by atoms with van der Waals surface area (Å²) in [6.07, 6.45) is 4.25. The third kappa shape index (κ3) is 7.56. The molecule has 0 unspecified atom stereocenters. The van der Waals surface area contributed by atoms with Crippen LogP contribution in [0.5, 0.6) is 0 Å². The molecule has 8 nitrogen and oxygen atoms in total. The molecule has 1 aromatic carbocycles. The molecule has 34 heavy (non-hydrogen) atoms. The molecule has 0 spiro atoms. The maximum Gasteiger partial charge on any atom is 0.410 e. The van der Waals surface area contributed by atoms with Crippen LogP contribution in [0.4, 0.5) is 24.1 Å². The first kappa shape index (κ1) is 25.7. The second-order valence-corrected chi connectivity index (χ2v) is 8.97. The molecular formula is C24H34F2N4O4. The van der Waals surface area contributed by atoms with Gasteiger partial charge >= 0.3 is 12.1 Å². The maximum absolute atomic E-state index is 14.4. The molecule has 0 bridgehead atoms. The van der Waals surface area contributed by atoms with Crippen LogP contribution in [0.3, 0.4) is 0 Å². The molecule has 3 amide bonds. The quantitative estimate of drug-likeness (QED) is 0.540. The van der Waals surface area contributed by atoms with Crippen LogP contribution in [0.25, 0.3) is 0 Å². The molecule has 1 saturated carbocycles. The maximum atomic E-state index is 14.4. The van der Waals surface area contributed by atoms with Crippen molar-refractivity contribution in [2.24, 2.45) is 5.16 Å². The van der Waals surface area contributed by atoms with Gasteiger partial charge in [-0.15, -0.1) is 0 Å². The molecule has 10 heteroatoms. The minimum absolute atomic E-state index is 0.00966. The van der Waals surface area contributed by atoms with Crippen LogP contribution in [0.1, 0.15) is 63.9 Å². The van der Waals surface area contributed by atoms with Crippen molar-refractivity contribution in [2.45, 2.75) is 70.5 Å². The third-order valence-electron chi connectivity index (χ3n) is 6.02. The van der Waals surface area contributed by atoms with E-state index in [1.165, 1.54) is 12.1 Å². The summed E-state index contributed by atoms with van der Waals surface area (Å²) in [6.45, 7) is 4.06. The number of rotatable bonds is 7. The molecule has 1 saturated heterocycles. The largest absolute Gasteiger partial charge is 0.447 e. The zero-order chi connectivity index (χ0) is 24.5. The highest BCUT2D eigenvalue weighted by Crippen LogP contribution is 2.33. The average molecular weight is 481 g/mol. The van der Waals surface area contributed by atoms with Crippen LogP contribution in [0, 0.1) is 5.82 Å². The number of likely N-dealkylation sites (tertiary alicyclic amines) is 1. The predicted octanol–water partition coefficient (Wildman–Crippen LogP) is 4.96. The van der Waals surface area contributed by atoms with Gasteiger partial charge in [0.05, 0.1) is 17.5 Å². The Kier molecular flexibility index (Phi) is 9.47. The Morgan fingerprint density at radius 2 is 1.88 bits per heavy atom. The molecule has 3 rings (SSSR count). The molecule has 188 valence electrons. The van der Waals surface area contributed by atoms with E-state index in [0.29, 0.717) is 13.1 Å². The molecule has 1 aliphatic heterocycles. The highest BCUT2D eigenvalue weighted by atomic mass is 19.1. The number of alkyl halides is 1. The number of nitrogens with zero attached hydrogens (tertiary/aromatic N) is 2. The molecule has 0 radical (unpaired) electrons. The van der Waals surface area contributed by atoms with E-state index >= 15 is 0 Å². The third-order valence-corrected chi connectivity index (χ3v) is 6.02. The number of piperidine rings is 1. The van der Waals surface area contributed by atoms with Crippen molar-refractivity contribution >= 4 is 23.5 Å². The molecule has 2 fully saturated rings. The highest BCUT2D eigenvalue weighted by molar-refractivity contribution is 5.89. The van der Waals surface area contributed by atoms with Crippen molar-refractivity contribution in [2.75, 3.05) is 31.6 Å². The minimum Gasteiger partial charge on any atom is -0.447 e. The predicted molar refractivity (Wildman–Crippen MR) is 125 cm³/mol. The lowest BCUT2D eigenvalue weighted by Gasteiger charge is -2.31. The highest BCUT2D eigenvalue weighted by Gasteiger charge is 2.26. The van der Waals surface area contributed by atoms with E-state index in [0.717, 1.165) is 49.8 Å². The lowest BCUT2D eigenvalue weighted by atomic mass is 9.83. The first-order valence-corrected chi connectivity index (χ1v) is 11.9. The lowest BCUT2D eigenvalue weighted by molar-refractivity contribution is 0.00403. The average Bonchev–Trinajstić information content (AvgIpc) is 2.83. The summed E-state index contributed by atoms with van der Waals surface area (Å²) in [5.74, 6) is -0.308. The SMILES string of the molecule is CC(C)OC(=O)N1CCC(ON=C2CCC(c3ccc(NC(=O)NCCF)c(F)c3)CC2)CC1. The van der Waals surface area contributed by atoms with Crippen LogP contribution >= 0.6 is 0 Å². The second-order valence-electron chi connectivity index (χ2n) is 8.97. The van der Waals surface area contributed by atoms with Gasteiger partial charge in [-0.25, -0.2) is 18.4 Å². The summed E-state index contributed by atoms with van der Waals surface area (Å²) >= 11 is 0. The number of urea groups is 1. The van der Waals surface area contributed by atoms with Gasteiger partial charge in [0, 0.05) is 32.5 Å². The molecule has 1 heterocycles. The van der Waals surface area contributed by atoms with Gasteiger partial charge < -0.3 is 25.1 Å². The number of oxime groups is 1. The number of amides is 3. The van der Waals surface area contributed by atoms with Crippen LogP contribution in [-0.4, -0.2) is 61.3 Å². The second kappa shape index (κ2) is 12.5. The number of benzene rings is 1. The van der Waals surface area contributed by atoms with Gasteiger partial charge in [-0.1, -0.05) is 11.2 Å². The summed E-state index contributed by atoms with van der Waals surface area (Å²) in [7, 11) is 0. The number of nitrogens with one attached hydrogen (secondary N) is 2. The van der Waals surface area contributed by atoms with E-state index in [2.05, 4.69) is 15.8 Å². The van der Waals surface area contributed by atoms with Crippen molar-refractivity contribution < 1.29 is 27.9 Å². The fourth-order valence-electron chi connectivity index (χ4n) is 4.16. The van der Waals surface area contributed by atoms with E-state index in [1.54, 1.807) is 4.90 Å². The Morgan fingerprint density at radius 3 is 2.50 bits per heavy atom. The van der Waals surface area contributed by atoms with Crippen molar-refractivity contribution in [3.05, 3.63) is 29.6 Å². The van der Waals surface area contributed by atoms with Crippen LogP contribution in [0.2, 0.25) is 0 Å². The molecule has 0 atom stereocenters. The normalized spacial score (nSPS) is 19.0. The van der Waals surface area contributed by atoms with E-state index in [9.17, 15) is 18.4 Å². The first-order chi connectivity index (χ1) is 16.4. The Morgan fingerprint density at radius 1 is 1.18 bits per heavy atom. The standard InChI is InChI=1S/C24H34F2N4O4/c1-16(2)33-24(32)30-13-9-20(10-14-30)34-29-19-6-3-17(4-7-19)18-5-8-22(21(26)15-18)28-23(31)27-12-11-25/h5,8,15-17,20H,3-4,6-7,9-14H2,1-2H3,(H2,27,28,31). The van der Waals surface area contributed by atoms with E-state index < -0.39 is 18.5 Å². The van der Waals surface area contributed by atoms with E-state index in [1.807, 2.05) is 19.9 Å². The number of hydrogen-bond donors (Lipinski definition) is 2. The fourth-order valence-corrected chi connectivity index (χ4v) is 4.16. The smallest absolute Gasteiger partial charge is 0.410 e. The zero-order valence-electron chi connectivity index (χ0n) is 19.8. The van der Waals surface area contributed by atoms with Crippen LogP contribution < -0.4 is 10.6 Å². The molecule has 1 aromatic rings. The molecule has 1 aliphatic carbocycles. The monoisotopic (exact) mass is 480 g/mol. The summed E-state index contributed by atoms with van der Waals surface area (Å²) in [4.78, 5) is 31.0. The van der Waals surface area contributed by atoms with Gasteiger partial charge in [-0.3, -0.25) is 0 Å². The molecule has 0 aromatic heterocycles. The Hall–Kier alpha value is -2.91. The topological polar surface area (TPSA) is 92.3 Å². The van der Waals surface area contributed by atoms with Crippen molar-refractivity contribution in [1.29, 1.82) is 0 Å². The minimum atomic E-state index is -0.680. The van der Waals surface area contributed by atoms with Crippen LogP contribution in [-0.2, 0) is 9.57 Å². The summed E-state index contributed by atoms with van der Waals surface area (Å²) < 4.78 is 31.8. The van der Waals surface area contributed by atoms with Gasteiger partial charge in [-0.05, 0) is 63.1 Å². The Labute approximate surface area is 199 Å². The van der Waals surface area contributed by atoms with Crippen molar-refractivity contribution in [1.82, 2.24) is 10.2 Å². The van der Waals surface area contributed by atoms with Crippen LogP contribution in [0.15, 0.2) is 23.4 Å². The number of anilines is 1. The van der Waals surface area contributed by atoms with Gasteiger partial charge in [-0.2, -0.15) is 0 Å². The Balaban J connectivity index is 1.42. The van der Waals surface area contributed by atoms with Gasteiger partial charge in [0.2, 0.25) is 0 Å². The Bertz CT molecular complexity index is 863. The van der Waals surface area contributed by atoms with Gasteiger partial charge in [0.25, 0.3) is 0 Å². The number of ether oxygens (including phenoxy) is 1. The number of hydrogen-bond acceptors (Lipinski definition) is 5. The first-order valence-electron chi connectivity index (χ1n) is 11.9.